The van der Waals surface area contributed by atoms with Crippen molar-refractivity contribution in [3.8, 4) is 0 Å². The Morgan fingerprint density at radius 1 is 1.23 bits per heavy atom. The number of amides is 1. The van der Waals surface area contributed by atoms with Crippen molar-refractivity contribution in [3.05, 3.63) is 48.7 Å². The Hall–Kier alpha value is -1.90. The molecular weight excluding hydrogens is 322 g/mol. The Morgan fingerprint density at radius 2 is 1.91 bits per heavy atom. The molecule has 22 heavy (non-hydrogen) atoms. The third kappa shape index (κ3) is 4.55. The summed E-state index contributed by atoms with van der Waals surface area (Å²) >= 11 is 1.34. The number of hydrogen-bond donors (Lipinski definition) is 2. The molecule has 0 bridgehead atoms. The third-order valence-electron chi connectivity index (χ3n) is 2.75. The Labute approximate surface area is 133 Å². The molecule has 0 spiro atoms. The predicted octanol–water partition coefficient (Wildman–Crippen LogP) is 1.85. The minimum absolute atomic E-state index is 0.00130. The molecule has 1 aromatic carbocycles. The number of benzene rings is 1. The number of nitrogens with one attached hydrogen (secondary N) is 1. The number of aromatic nitrogens is 1. The predicted molar refractivity (Wildman–Crippen MR) is 86.0 cm³/mol. The number of nitrogens with zero attached hydrogens (tertiary/aromatic N) is 1. The lowest BCUT2D eigenvalue weighted by atomic mass is 10.3. The van der Waals surface area contributed by atoms with Gasteiger partial charge in [0.05, 0.1) is 15.2 Å². The van der Waals surface area contributed by atoms with Crippen molar-refractivity contribution in [2.75, 3.05) is 5.32 Å². The molecule has 8 heteroatoms. The summed E-state index contributed by atoms with van der Waals surface area (Å²) in [5, 5.41) is 8.15. The van der Waals surface area contributed by atoms with E-state index in [1.165, 1.54) is 36.0 Å². The maximum Gasteiger partial charge on any atom is 0.238 e. The maximum absolute atomic E-state index is 12.1. The fraction of sp³-hybridized carbons (Fsp3) is 0.143. The lowest BCUT2D eigenvalue weighted by Gasteiger charge is -2.11. The molecule has 0 aliphatic heterocycles. The molecule has 0 radical (unpaired) electrons. The van der Waals surface area contributed by atoms with Crippen LogP contribution in [-0.4, -0.2) is 24.6 Å². The lowest BCUT2D eigenvalue weighted by Crippen LogP contribution is -2.22. The fourth-order valence-electron chi connectivity index (χ4n) is 1.62. The number of carbonyl (C=O) groups excluding carboxylic acids is 1. The number of hydrogen-bond acceptors (Lipinski definition) is 5. The van der Waals surface area contributed by atoms with Gasteiger partial charge in [-0.1, -0.05) is 17.8 Å². The zero-order chi connectivity index (χ0) is 16.2. The topological polar surface area (TPSA) is 102 Å². The monoisotopic (exact) mass is 337 g/mol. The fourth-order valence-corrected chi connectivity index (χ4v) is 2.95. The smallest absolute Gasteiger partial charge is 0.238 e. The van der Waals surface area contributed by atoms with E-state index in [-0.39, 0.29) is 16.1 Å². The van der Waals surface area contributed by atoms with Crippen molar-refractivity contribution in [1.82, 2.24) is 4.98 Å². The van der Waals surface area contributed by atoms with Crippen LogP contribution in [0, 0.1) is 0 Å². The van der Waals surface area contributed by atoms with Crippen molar-refractivity contribution in [2.24, 2.45) is 5.14 Å². The van der Waals surface area contributed by atoms with Gasteiger partial charge in [-0.05, 0) is 43.3 Å². The molecule has 0 saturated heterocycles. The minimum atomic E-state index is -3.73. The third-order valence-corrected chi connectivity index (χ3v) is 4.73. The van der Waals surface area contributed by atoms with Crippen LogP contribution < -0.4 is 10.5 Å². The number of sulfonamides is 1. The van der Waals surface area contributed by atoms with Crippen molar-refractivity contribution in [1.29, 1.82) is 0 Å². The van der Waals surface area contributed by atoms with Gasteiger partial charge in [0, 0.05) is 11.9 Å². The number of pyridine rings is 1. The molecule has 0 fully saturated rings. The largest absolute Gasteiger partial charge is 0.325 e. The van der Waals surface area contributed by atoms with Crippen LogP contribution in [0.2, 0.25) is 0 Å². The second kappa shape index (κ2) is 6.91. The summed E-state index contributed by atoms with van der Waals surface area (Å²) in [5.41, 5.74) is 0.505. The van der Waals surface area contributed by atoms with Crippen LogP contribution in [0.1, 0.15) is 6.92 Å². The average Bonchev–Trinajstić information content (AvgIpc) is 2.48. The summed E-state index contributed by atoms with van der Waals surface area (Å²) < 4.78 is 22.3. The second-order valence-electron chi connectivity index (χ2n) is 4.49. The molecule has 1 atom stereocenters. The first-order valence-corrected chi connectivity index (χ1v) is 8.80. The summed E-state index contributed by atoms with van der Waals surface area (Å²) in [7, 11) is -3.73. The molecule has 0 aliphatic carbocycles. The van der Waals surface area contributed by atoms with Crippen LogP contribution in [-0.2, 0) is 14.8 Å². The number of thioether (sulfide) groups is 1. The number of nitrogens with two attached hydrogens (primary N) is 1. The number of primary sulfonamides is 1. The van der Waals surface area contributed by atoms with Gasteiger partial charge in [0.1, 0.15) is 0 Å². The zero-order valence-electron chi connectivity index (χ0n) is 11.8. The first kappa shape index (κ1) is 16.5. The average molecular weight is 337 g/mol. The van der Waals surface area contributed by atoms with Gasteiger partial charge in [-0.3, -0.25) is 4.79 Å². The zero-order valence-corrected chi connectivity index (χ0v) is 13.4. The van der Waals surface area contributed by atoms with E-state index in [0.717, 1.165) is 5.03 Å². The quantitative estimate of drug-likeness (QED) is 0.811. The van der Waals surface area contributed by atoms with Gasteiger partial charge in [-0.2, -0.15) is 0 Å². The van der Waals surface area contributed by atoms with Crippen LogP contribution in [0.25, 0.3) is 0 Å². The highest BCUT2D eigenvalue weighted by Gasteiger charge is 2.15. The molecule has 0 saturated carbocycles. The van der Waals surface area contributed by atoms with Gasteiger partial charge in [0.25, 0.3) is 0 Å². The summed E-state index contributed by atoms with van der Waals surface area (Å²) in [6.45, 7) is 1.77. The van der Waals surface area contributed by atoms with Gasteiger partial charge >= 0.3 is 0 Å². The molecule has 3 N–H and O–H groups in total. The molecule has 6 nitrogen and oxygen atoms in total. The number of carbonyl (C=O) groups is 1. The summed E-state index contributed by atoms with van der Waals surface area (Å²) in [6.07, 6.45) is 1.67. The normalized spacial score (nSPS) is 12.6. The van der Waals surface area contributed by atoms with E-state index >= 15 is 0 Å². The SMILES string of the molecule is C[C@H](Sc1ccccn1)C(=O)Nc1ccc(S(N)(=O)=O)cc1. The molecule has 1 heterocycles. The Bertz CT molecular complexity index is 747. The second-order valence-corrected chi connectivity index (χ2v) is 7.41. The maximum atomic E-state index is 12.1. The van der Waals surface area contributed by atoms with Gasteiger partial charge in [-0.25, -0.2) is 18.5 Å². The minimum Gasteiger partial charge on any atom is -0.325 e. The highest BCUT2D eigenvalue weighted by atomic mass is 32.2. The summed E-state index contributed by atoms with van der Waals surface area (Å²) in [5.74, 6) is -0.195. The van der Waals surface area contributed by atoms with Crippen molar-refractivity contribution >= 4 is 33.4 Å². The molecular formula is C14H15N3O3S2. The Balaban J connectivity index is 1.99. The first-order valence-electron chi connectivity index (χ1n) is 6.37. The van der Waals surface area contributed by atoms with E-state index in [1.807, 2.05) is 18.2 Å². The molecule has 1 amide bonds. The Kier molecular flexibility index (Phi) is 5.17. The van der Waals surface area contributed by atoms with Gasteiger partial charge in [0.15, 0.2) is 0 Å². The van der Waals surface area contributed by atoms with E-state index in [9.17, 15) is 13.2 Å². The standard InChI is InChI=1S/C14H15N3O3S2/c1-10(21-13-4-2-3-9-16-13)14(18)17-11-5-7-12(8-6-11)22(15,19)20/h2-10H,1H3,(H,17,18)(H2,15,19,20)/t10-/m0/s1. The van der Waals surface area contributed by atoms with Crippen molar-refractivity contribution in [2.45, 2.75) is 22.1 Å². The highest BCUT2D eigenvalue weighted by Crippen LogP contribution is 2.22. The van der Waals surface area contributed by atoms with E-state index in [4.69, 9.17) is 5.14 Å². The molecule has 2 rings (SSSR count). The number of rotatable bonds is 5. The van der Waals surface area contributed by atoms with Crippen LogP contribution in [0.15, 0.2) is 58.6 Å². The van der Waals surface area contributed by atoms with Crippen LogP contribution >= 0.6 is 11.8 Å². The molecule has 0 aliphatic rings. The lowest BCUT2D eigenvalue weighted by molar-refractivity contribution is -0.115. The van der Waals surface area contributed by atoms with Gasteiger partial charge < -0.3 is 5.32 Å². The van der Waals surface area contributed by atoms with E-state index in [0.29, 0.717) is 5.69 Å². The van der Waals surface area contributed by atoms with Crippen LogP contribution in [0.4, 0.5) is 5.69 Å². The molecule has 0 unspecified atom stereocenters. The van der Waals surface area contributed by atoms with E-state index < -0.39 is 10.0 Å². The molecule has 116 valence electrons. The van der Waals surface area contributed by atoms with Crippen molar-refractivity contribution in [3.63, 3.8) is 0 Å². The van der Waals surface area contributed by atoms with E-state index in [1.54, 1.807) is 13.1 Å². The van der Waals surface area contributed by atoms with Gasteiger partial charge in [-0.15, -0.1) is 0 Å². The van der Waals surface area contributed by atoms with E-state index in [2.05, 4.69) is 10.3 Å². The van der Waals surface area contributed by atoms with Gasteiger partial charge in [0.2, 0.25) is 15.9 Å². The summed E-state index contributed by atoms with van der Waals surface area (Å²) in [6, 6.07) is 11.2. The van der Waals surface area contributed by atoms with Crippen LogP contribution in [0.5, 0.6) is 0 Å². The molecule has 2 aromatic rings. The number of anilines is 1. The van der Waals surface area contributed by atoms with Crippen LogP contribution in [0.3, 0.4) is 0 Å². The highest BCUT2D eigenvalue weighted by molar-refractivity contribution is 8.00. The summed E-state index contributed by atoms with van der Waals surface area (Å²) in [4.78, 5) is 16.2. The molecule has 1 aromatic heterocycles. The first-order chi connectivity index (χ1) is 10.4. The van der Waals surface area contributed by atoms with Crippen molar-refractivity contribution < 1.29 is 13.2 Å². The Morgan fingerprint density at radius 3 is 2.45 bits per heavy atom.